The van der Waals surface area contributed by atoms with Crippen LogP contribution in [0.15, 0.2) is 30.3 Å². The fourth-order valence-corrected chi connectivity index (χ4v) is 3.86. The van der Waals surface area contributed by atoms with Crippen molar-refractivity contribution in [3.63, 3.8) is 0 Å². The van der Waals surface area contributed by atoms with Gasteiger partial charge in [-0.05, 0) is 37.7 Å². The smallest absolute Gasteiger partial charge is 0.239 e. The van der Waals surface area contributed by atoms with E-state index in [0.29, 0.717) is 12.5 Å². The normalized spacial score (nSPS) is 22.0. The van der Waals surface area contributed by atoms with Gasteiger partial charge in [0.05, 0.1) is 11.8 Å². The van der Waals surface area contributed by atoms with Gasteiger partial charge in [-0.2, -0.15) is 0 Å². The summed E-state index contributed by atoms with van der Waals surface area (Å²) in [5, 5.41) is 0. The number of carbonyl (C=O) groups is 1. The van der Waals surface area contributed by atoms with Crippen LogP contribution in [0.1, 0.15) is 25.3 Å². The average Bonchev–Trinajstić information content (AvgIpc) is 2.85. The molecular weight excluding hydrogens is 348 g/mol. The maximum Gasteiger partial charge on any atom is 0.239 e. The summed E-state index contributed by atoms with van der Waals surface area (Å²) in [6.45, 7) is 2.76. The number of sulfone groups is 1. The van der Waals surface area contributed by atoms with Gasteiger partial charge in [-0.3, -0.25) is 4.79 Å². The molecule has 0 aromatic heterocycles. The minimum absolute atomic E-state index is 0. The number of benzene rings is 1. The van der Waals surface area contributed by atoms with Crippen molar-refractivity contribution in [1.29, 1.82) is 0 Å². The molecule has 24 heavy (non-hydrogen) atoms. The van der Waals surface area contributed by atoms with Gasteiger partial charge in [0.25, 0.3) is 0 Å². The molecule has 0 saturated carbocycles. The molecule has 1 aliphatic heterocycles. The van der Waals surface area contributed by atoms with Gasteiger partial charge in [0, 0.05) is 18.8 Å². The highest BCUT2D eigenvalue weighted by Gasteiger charge is 2.35. The Morgan fingerprint density at radius 1 is 1.33 bits per heavy atom. The second kappa shape index (κ2) is 8.83. The van der Waals surface area contributed by atoms with Gasteiger partial charge in [-0.15, -0.1) is 12.4 Å². The Labute approximate surface area is 150 Å². The van der Waals surface area contributed by atoms with E-state index in [0.717, 1.165) is 12.8 Å². The maximum absolute atomic E-state index is 12.5. The van der Waals surface area contributed by atoms with Crippen molar-refractivity contribution in [2.24, 2.45) is 11.7 Å². The third-order valence-corrected chi connectivity index (χ3v) is 5.63. The Hall–Kier alpha value is -1.11. The highest BCUT2D eigenvalue weighted by atomic mass is 35.5. The second-order valence-corrected chi connectivity index (χ2v) is 8.80. The summed E-state index contributed by atoms with van der Waals surface area (Å²) in [4.78, 5) is 14.3. The Kier molecular flexibility index (Phi) is 7.70. The molecule has 7 heteroatoms. The summed E-state index contributed by atoms with van der Waals surface area (Å²) in [6, 6.07) is 9.66. The fraction of sp³-hybridized carbons (Fsp3) is 0.588. The zero-order valence-corrected chi connectivity index (χ0v) is 15.9. The molecule has 2 N–H and O–H groups in total. The molecular formula is C17H27ClN2O3S. The number of amides is 1. The predicted octanol–water partition coefficient (Wildman–Crippen LogP) is 1.65. The molecule has 3 atom stereocenters. The molecule has 0 spiro atoms. The summed E-state index contributed by atoms with van der Waals surface area (Å²) < 4.78 is 22.4. The highest BCUT2D eigenvalue weighted by Crippen LogP contribution is 2.28. The van der Waals surface area contributed by atoms with Gasteiger partial charge in [0.15, 0.2) is 0 Å². The number of nitrogens with zero attached hydrogens (tertiary/aromatic N) is 1. The first-order valence-corrected chi connectivity index (χ1v) is 10.1. The molecule has 1 aromatic rings. The molecule has 1 fully saturated rings. The molecule has 1 heterocycles. The van der Waals surface area contributed by atoms with E-state index in [-0.39, 0.29) is 36.5 Å². The lowest BCUT2D eigenvalue weighted by Gasteiger charge is -2.27. The van der Waals surface area contributed by atoms with Crippen molar-refractivity contribution in [3.05, 3.63) is 35.9 Å². The zero-order valence-electron chi connectivity index (χ0n) is 14.2. The van der Waals surface area contributed by atoms with E-state index in [1.165, 1.54) is 11.8 Å². The quantitative estimate of drug-likeness (QED) is 0.820. The van der Waals surface area contributed by atoms with E-state index in [2.05, 4.69) is 19.1 Å². The van der Waals surface area contributed by atoms with Crippen LogP contribution in [0, 0.1) is 5.92 Å². The van der Waals surface area contributed by atoms with Gasteiger partial charge < -0.3 is 10.6 Å². The molecule has 136 valence electrons. The summed E-state index contributed by atoms with van der Waals surface area (Å²) in [5.74, 6) is 0.246. The lowest BCUT2D eigenvalue weighted by molar-refractivity contribution is -0.133. The van der Waals surface area contributed by atoms with Gasteiger partial charge in [0.2, 0.25) is 5.91 Å². The number of hydrogen-bond donors (Lipinski definition) is 1. The molecule has 1 aromatic carbocycles. The Balaban J connectivity index is 0.00000288. The molecule has 2 rings (SSSR count). The van der Waals surface area contributed by atoms with Crippen LogP contribution in [-0.4, -0.2) is 49.9 Å². The van der Waals surface area contributed by atoms with Crippen LogP contribution in [-0.2, 0) is 21.1 Å². The van der Waals surface area contributed by atoms with E-state index in [1.54, 1.807) is 0 Å². The van der Waals surface area contributed by atoms with Gasteiger partial charge in [-0.25, -0.2) is 8.42 Å². The van der Waals surface area contributed by atoms with Crippen LogP contribution in [0.3, 0.4) is 0 Å². The maximum atomic E-state index is 12.5. The molecule has 5 nitrogen and oxygen atoms in total. The topological polar surface area (TPSA) is 80.5 Å². The van der Waals surface area contributed by atoms with E-state index < -0.39 is 15.9 Å². The van der Waals surface area contributed by atoms with E-state index in [1.807, 2.05) is 23.1 Å². The third kappa shape index (κ3) is 5.76. The minimum Gasteiger partial charge on any atom is -0.338 e. The lowest BCUT2D eigenvalue weighted by Crippen LogP contribution is -2.46. The molecule has 0 aliphatic carbocycles. The van der Waals surface area contributed by atoms with Crippen LogP contribution in [0.4, 0.5) is 0 Å². The highest BCUT2D eigenvalue weighted by molar-refractivity contribution is 7.90. The summed E-state index contributed by atoms with van der Waals surface area (Å²) in [6.07, 6.45) is 3.26. The Morgan fingerprint density at radius 3 is 2.54 bits per heavy atom. The monoisotopic (exact) mass is 374 g/mol. The first-order valence-electron chi connectivity index (χ1n) is 8.05. The van der Waals surface area contributed by atoms with Crippen molar-refractivity contribution in [1.82, 2.24) is 4.90 Å². The lowest BCUT2D eigenvalue weighted by atomic mass is 9.93. The molecule has 1 aliphatic rings. The van der Waals surface area contributed by atoms with Crippen LogP contribution >= 0.6 is 12.4 Å². The molecule has 0 bridgehead atoms. The van der Waals surface area contributed by atoms with E-state index in [9.17, 15) is 13.2 Å². The van der Waals surface area contributed by atoms with Crippen LogP contribution in [0.2, 0.25) is 0 Å². The Bertz CT molecular complexity index is 636. The van der Waals surface area contributed by atoms with E-state index in [4.69, 9.17) is 5.73 Å². The first-order chi connectivity index (χ1) is 10.8. The SMILES string of the molecule is CC1C(Cc2ccccc2)CCN1C(=O)C(N)CCS(C)(=O)=O.Cl. The summed E-state index contributed by atoms with van der Waals surface area (Å²) in [5.41, 5.74) is 7.19. The van der Waals surface area contributed by atoms with Crippen molar-refractivity contribution >= 4 is 28.2 Å². The standard InChI is InChI=1S/C17H26N2O3S.ClH/c1-13-15(12-14-6-4-3-5-7-14)8-10-19(13)17(20)16(18)9-11-23(2,21)22;/h3-7,13,15-16H,8-12,18H2,1-2H3;1H. The average molecular weight is 375 g/mol. The van der Waals surface area contributed by atoms with Crippen molar-refractivity contribution in [3.8, 4) is 0 Å². The number of carbonyl (C=O) groups excluding carboxylic acids is 1. The number of nitrogens with two attached hydrogens (primary N) is 1. The Morgan fingerprint density at radius 2 is 1.96 bits per heavy atom. The minimum atomic E-state index is -3.09. The van der Waals surface area contributed by atoms with Gasteiger partial charge in [0.1, 0.15) is 9.84 Å². The second-order valence-electron chi connectivity index (χ2n) is 6.54. The van der Waals surface area contributed by atoms with Gasteiger partial charge in [-0.1, -0.05) is 30.3 Å². The molecule has 0 radical (unpaired) electrons. The number of halogens is 1. The summed E-state index contributed by atoms with van der Waals surface area (Å²) in [7, 11) is -3.09. The van der Waals surface area contributed by atoms with Crippen molar-refractivity contribution in [2.75, 3.05) is 18.6 Å². The zero-order chi connectivity index (χ0) is 17.0. The molecule has 1 saturated heterocycles. The van der Waals surface area contributed by atoms with Crippen molar-refractivity contribution < 1.29 is 13.2 Å². The molecule has 1 amide bonds. The number of likely N-dealkylation sites (tertiary alicyclic amines) is 1. The van der Waals surface area contributed by atoms with Crippen molar-refractivity contribution in [2.45, 2.75) is 38.3 Å². The van der Waals surface area contributed by atoms with E-state index >= 15 is 0 Å². The largest absolute Gasteiger partial charge is 0.338 e. The van der Waals surface area contributed by atoms with Crippen LogP contribution < -0.4 is 5.73 Å². The number of rotatable bonds is 6. The third-order valence-electron chi connectivity index (χ3n) is 4.66. The predicted molar refractivity (Wildman–Crippen MR) is 99.0 cm³/mol. The fourth-order valence-electron chi connectivity index (χ4n) is 3.18. The first kappa shape index (κ1) is 20.9. The summed E-state index contributed by atoms with van der Waals surface area (Å²) >= 11 is 0. The van der Waals surface area contributed by atoms with Crippen LogP contribution in [0.5, 0.6) is 0 Å². The van der Waals surface area contributed by atoms with Crippen LogP contribution in [0.25, 0.3) is 0 Å². The van der Waals surface area contributed by atoms with Gasteiger partial charge >= 0.3 is 0 Å². The molecule has 3 unspecified atom stereocenters. The number of hydrogen-bond acceptors (Lipinski definition) is 4.